The highest BCUT2D eigenvalue weighted by Crippen LogP contribution is 2.46. The summed E-state index contributed by atoms with van der Waals surface area (Å²) >= 11 is 0. The van der Waals surface area contributed by atoms with E-state index in [9.17, 15) is 18.7 Å². The first-order valence-corrected chi connectivity index (χ1v) is 11.7. The highest BCUT2D eigenvalue weighted by molar-refractivity contribution is 6.09. The Balaban J connectivity index is 1.47. The van der Waals surface area contributed by atoms with E-state index >= 15 is 0 Å². The van der Waals surface area contributed by atoms with E-state index in [4.69, 9.17) is 11.0 Å². The third-order valence-electron chi connectivity index (χ3n) is 6.87. The number of nitriles is 1. The van der Waals surface area contributed by atoms with Crippen LogP contribution >= 0.6 is 0 Å². The fourth-order valence-corrected chi connectivity index (χ4v) is 4.83. The second-order valence-corrected chi connectivity index (χ2v) is 9.20. The maximum absolute atomic E-state index is 14.5. The number of hydrogen-bond acceptors (Lipinski definition) is 8. The average molecular weight is 524 g/mol. The zero-order valence-corrected chi connectivity index (χ0v) is 20.3. The molecule has 0 fully saturated rings. The van der Waals surface area contributed by atoms with Crippen LogP contribution in [0.2, 0.25) is 0 Å². The second kappa shape index (κ2) is 8.56. The quantitative estimate of drug-likeness (QED) is 0.323. The number of carbonyl (C=O) groups excluding carboxylic acids is 1. The molecule has 1 atom stereocenters. The molecule has 3 aromatic heterocycles. The Labute approximate surface area is 219 Å². The summed E-state index contributed by atoms with van der Waals surface area (Å²) in [5, 5.41) is 21.9. The molecule has 0 saturated carbocycles. The maximum atomic E-state index is 14.5. The molecular formula is C27H18F2N8O2. The Morgan fingerprint density at radius 1 is 1.18 bits per heavy atom. The topological polar surface area (TPSA) is 155 Å². The minimum absolute atomic E-state index is 0.0664. The van der Waals surface area contributed by atoms with E-state index in [0.29, 0.717) is 22.6 Å². The third-order valence-corrected chi connectivity index (χ3v) is 6.87. The predicted molar refractivity (Wildman–Crippen MR) is 135 cm³/mol. The van der Waals surface area contributed by atoms with Crippen molar-refractivity contribution in [2.45, 2.75) is 18.8 Å². The smallest absolute Gasteiger partial charge is 0.240 e. The highest BCUT2D eigenvalue weighted by atomic mass is 19.1. The van der Waals surface area contributed by atoms with Crippen molar-refractivity contribution in [3.8, 4) is 23.3 Å². The molecule has 6 rings (SSSR count). The first kappa shape index (κ1) is 23.9. The Kier molecular flexibility index (Phi) is 5.25. The number of benzene rings is 2. The summed E-state index contributed by atoms with van der Waals surface area (Å²) in [7, 11) is 0. The van der Waals surface area contributed by atoms with Gasteiger partial charge in [0.1, 0.15) is 51.8 Å². The van der Waals surface area contributed by atoms with Gasteiger partial charge in [-0.15, -0.1) is 0 Å². The van der Waals surface area contributed by atoms with Crippen molar-refractivity contribution < 1.29 is 18.7 Å². The van der Waals surface area contributed by atoms with Crippen molar-refractivity contribution >= 4 is 23.2 Å². The van der Waals surface area contributed by atoms with E-state index in [2.05, 4.69) is 25.3 Å². The van der Waals surface area contributed by atoms with Gasteiger partial charge in [-0.05, 0) is 36.2 Å². The number of anilines is 2. The number of phenolic OH excluding ortho intramolecular Hbond substituents is 1. The Morgan fingerprint density at radius 3 is 2.72 bits per heavy atom. The molecule has 2 aromatic carbocycles. The summed E-state index contributed by atoms with van der Waals surface area (Å²) in [6.45, 7) is 1.50. The van der Waals surface area contributed by atoms with Crippen molar-refractivity contribution in [1.29, 1.82) is 5.26 Å². The number of fused-ring (bicyclic) bond motifs is 2. The van der Waals surface area contributed by atoms with E-state index in [0.717, 1.165) is 12.1 Å². The van der Waals surface area contributed by atoms with Gasteiger partial charge in [0, 0.05) is 25.0 Å². The van der Waals surface area contributed by atoms with Crippen LogP contribution in [0.15, 0.2) is 55.0 Å². The number of rotatable bonds is 4. The molecule has 10 nitrogen and oxygen atoms in total. The monoisotopic (exact) mass is 524 g/mol. The van der Waals surface area contributed by atoms with E-state index in [1.807, 2.05) is 0 Å². The number of nitrogens with zero attached hydrogens (tertiary/aromatic N) is 6. The number of nitrogens with one attached hydrogen (secondary N) is 1. The van der Waals surface area contributed by atoms with Gasteiger partial charge < -0.3 is 20.6 Å². The highest BCUT2D eigenvalue weighted by Gasteiger charge is 2.48. The van der Waals surface area contributed by atoms with Gasteiger partial charge in [-0.2, -0.15) is 5.26 Å². The first-order valence-electron chi connectivity index (χ1n) is 11.7. The average Bonchev–Trinajstić information content (AvgIpc) is 3.48. The van der Waals surface area contributed by atoms with E-state index in [1.165, 1.54) is 13.0 Å². The van der Waals surface area contributed by atoms with Crippen LogP contribution in [0.25, 0.3) is 17.2 Å². The summed E-state index contributed by atoms with van der Waals surface area (Å²) < 4.78 is 30.6. The number of nitrogens with two attached hydrogens (primary N) is 1. The lowest BCUT2D eigenvalue weighted by Gasteiger charge is -2.24. The van der Waals surface area contributed by atoms with Gasteiger partial charge in [0.25, 0.3) is 0 Å². The predicted octanol–water partition coefficient (Wildman–Crippen LogP) is 3.47. The van der Waals surface area contributed by atoms with Crippen molar-refractivity contribution in [2.24, 2.45) is 0 Å². The number of phenols is 1. The number of aromatic nitrogens is 5. The number of nitrogen functional groups attached to an aromatic ring is 1. The Bertz CT molecular complexity index is 1860. The number of aromatic hydroxyl groups is 1. The molecule has 0 saturated heterocycles. The van der Waals surface area contributed by atoms with Gasteiger partial charge in [-0.25, -0.2) is 28.7 Å². The first-order chi connectivity index (χ1) is 18.7. The van der Waals surface area contributed by atoms with Gasteiger partial charge in [-0.1, -0.05) is 18.2 Å². The number of halogens is 2. The summed E-state index contributed by atoms with van der Waals surface area (Å²) in [6.07, 6.45) is 5.08. The fraction of sp³-hybridized carbons (Fsp3) is 0.111. The SMILES string of the molecule is C[C@@]1(c2cc(O)c(C#N)c(F)c2)C(=O)Nc2nc(-c3cn4ccnc4c(Cc4ccccc4F)n3)nc(N)c21. The molecule has 0 radical (unpaired) electrons. The van der Waals surface area contributed by atoms with Crippen molar-refractivity contribution in [1.82, 2.24) is 24.3 Å². The van der Waals surface area contributed by atoms with Gasteiger partial charge >= 0.3 is 0 Å². The molecule has 4 N–H and O–H groups in total. The van der Waals surface area contributed by atoms with Gasteiger partial charge in [0.05, 0.1) is 11.3 Å². The third kappa shape index (κ3) is 3.63. The molecule has 1 aliphatic rings. The van der Waals surface area contributed by atoms with Crippen LogP contribution in [0.3, 0.4) is 0 Å². The summed E-state index contributed by atoms with van der Waals surface area (Å²) in [4.78, 5) is 31.1. The van der Waals surface area contributed by atoms with Crippen LogP contribution in [-0.2, 0) is 16.6 Å². The maximum Gasteiger partial charge on any atom is 0.240 e. The van der Waals surface area contributed by atoms with Crippen LogP contribution < -0.4 is 11.1 Å². The van der Waals surface area contributed by atoms with Crippen LogP contribution in [-0.4, -0.2) is 35.4 Å². The molecule has 0 unspecified atom stereocenters. The lowest BCUT2D eigenvalue weighted by Crippen LogP contribution is -2.33. The van der Waals surface area contributed by atoms with E-state index in [-0.39, 0.29) is 40.8 Å². The van der Waals surface area contributed by atoms with Gasteiger partial charge in [-0.3, -0.25) is 4.79 Å². The zero-order chi connectivity index (χ0) is 27.5. The number of hydrogen-bond donors (Lipinski definition) is 3. The fourth-order valence-electron chi connectivity index (χ4n) is 4.83. The van der Waals surface area contributed by atoms with Crippen LogP contribution in [0, 0.1) is 23.0 Å². The Morgan fingerprint density at radius 2 is 1.97 bits per heavy atom. The number of carbonyl (C=O) groups is 1. The van der Waals surface area contributed by atoms with Crippen molar-refractivity contribution in [3.05, 3.63) is 94.6 Å². The molecule has 0 spiro atoms. The minimum atomic E-state index is -1.55. The lowest BCUT2D eigenvalue weighted by molar-refractivity contribution is -0.119. The number of amides is 1. The van der Waals surface area contributed by atoms with Crippen LogP contribution in [0.4, 0.5) is 20.4 Å². The van der Waals surface area contributed by atoms with E-state index in [1.54, 1.807) is 47.3 Å². The van der Waals surface area contributed by atoms with Gasteiger partial charge in [0.15, 0.2) is 11.5 Å². The Hall–Kier alpha value is -5.44. The molecule has 4 heterocycles. The molecule has 192 valence electrons. The molecule has 0 aliphatic carbocycles. The minimum Gasteiger partial charge on any atom is -0.506 e. The summed E-state index contributed by atoms with van der Waals surface area (Å²) in [5.74, 6) is -2.41. The molecule has 12 heteroatoms. The van der Waals surface area contributed by atoms with Crippen LogP contribution in [0.5, 0.6) is 5.75 Å². The molecule has 0 bridgehead atoms. The molecule has 1 amide bonds. The molecule has 5 aromatic rings. The van der Waals surface area contributed by atoms with E-state index < -0.39 is 28.5 Å². The van der Waals surface area contributed by atoms with Crippen molar-refractivity contribution in [2.75, 3.05) is 11.1 Å². The largest absolute Gasteiger partial charge is 0.506 e. The molecular weight excluding hydrogens is 506 g/mol. The van der Waals surface area contributed by atoms with Gasteiger partial charge in [0.2, 0.25) is 5.91 Å². The second-order valence-electron chi connectivity index (χ2n) is 9.20. The zero-order valence-electron chi connectivity index (χ0n) is 20.3. The molecule has 39 heavy (non-hydrogen) atoms. The van der Waals surface area contributed by atoms with Crippen molar-refractivity contribution in [3.63, 3.8) is 0 Å². The number of imidazole rings is 1. The standard InChI is InChI=1S/C27H18F2N8O2/c1-27(14-9-17(29)15(11-30)20(38)10-14)21-22(31)34-23(35-24(21)36-26(27)39)19-12-37-7-6-32-25(37)18(33-19)8-13-4-2-3-5-16(13)28/h2-7,9-10,12,38H,8H2,1H3,(H3,31,34,35,36,39)/t27-/m0/s1. The normalized spacial score (nSPS) is 16.2. The summed E-state index contributed by atoms with van der Waals surface area (Å²) in [6, 6.07) is 10.1. The van der Waals surface area contributed by atoms with Crippen LogP contribution in [0.1, 0.15) is 34.9 Å². The molecule has 1 aliphatic heterocycles. The summed E-state index contributed by atoms with van der Waals surface area (Å²) in [5.41, 5.74) is 6.25. The lowest BCUT2D eigenvalue weighted by atomic mass is 9.77.